The Morgan fingerprint density at radius 2 is 1.29 bits per heavy atom. The second-order valence-corrected chi connectivity index (χ2v) is 10.3. The van der Waals surface area contributed by atoms with Gasteiger partial charge in [0, 0.05) is 25.2 Å². The van der Waals surface area contributed by atoms with E-state index in [2.05, 4.69) is 82.7 Å². The Balaban J connectivity index is 1.29. The van der Waals surface area contributed by atoms with Crippen LogP contribution in [0.2, 0.25) is 0 Å². The van der Waals surface area contributed by atoms with Gasteiger partial charge in [-0.05, 0) is 91.7 Å². The van der Waals surface area contributed by atoms with Crippen LogP contribution in [0.4, 0.5) is 17.1 Å². The number of nitrogens with zero attached hydrogens (tertiary/aromatic N) is 2. The number of benzene rings is 4. The molecule has 9 rings (SSSR count). The van der Waals surface area contributed by atoms with Crippen LogP contribution in [0.1, 0.15) is 44.5 Å². The molecule has 0 unspecified atom stereocenters. The highest BCUT2D eigenvalue weighted by atomic mass is 15.2. The normalized spacial score (nSPS) is 14.9. The van der Waals surface area contributed by atoms with E-state index in [1.807, 2.05) is 12.4 Å². The minimum Gasteiger partial charge on any atom is -0.309 e. The van der Waals surface area contributed by atoms with Gasteiger partial charge in [0.1, 0.15) is 0 Å². The second-order valence-electron chi connectivity index (χ2n) is 10.3. The maximum Gasteiger partial charge on any atom is 0.0532 e. The van der Waals surface area contributed by atoms with Gasteiger partial charge in [0.25, 0.3) is 0 Å². The number of rotatable bonds is 0. The first-order chi connectivity index (χ1) is 17.3. The molecule has 0 saturated heterocycles. The lowest BCUT2D eigenvalue weighted by Gasteiger charge is -2.40. The molecule has 2 heteroatoms. The summed E-state index contributed by atoms with van der Waals surface area (Å²) in [7, 11) is 0. The highest BCUT2D eigenvalue weighted by molar-refractivity contribution is 5.95. The summed E-state index contributed by atoms with van der Waals surface area (Å²) in [6, 6.07) is 27.5. The zero-order valence-corrected chi connectivity index (χ0v) is 19.3. The molecule has 2 aliphatic carbocycles. The molecule has 5 aromatic rings. The van der Waals surface area contributed by atoms with Crippen molar-refractivity contribution < 1.29 is 0 Å². The van der Waals surface area contributed by atoms with Gasteiger partial charge in [-0.1, -0.05) is 60.7 Å². The molecule has 1 aromatic heterocycles. The SMILES string of the molecule is c1ccc2c(c1)Cc1c-2ccc2c1Cc1ccc3c(c1-2)Cc1cccc2c1N3c1ccncc1C2. The number of para-hydroxylation sites is 1. The monoisotopic (exact) mass is 446 g/mol. The van der Waals surface area contributed by atoms with Crippen molar-refractivity contribution in [3.63, 3.8) is 0 Å². The lowest BCUT2D eigenvalue weighted by molar-refractivity contribution is 1.000. The average molecular weight is 447 g/mol. The van der Waals surface area contributed by atoms with Crippen LogP contribution >= 0.6 is 0 Å². The zero-order chi connectivity index (χ0) is 22.7. The fraction of sp³-hybridized carbons (Fsp3) is 0.121. The van der Waals surface area contributed by atoms with Gasteiger partial charge < -0.3 is 4.90 Å². The Kier molecular flexibility index (Phi) is 3.27. The van der Waals surface area contributed by atoms with Crippen LogP contribution in [0, 0.1) is 0 Å². The number of fused-ring (bicyclic) bond motifs is 12. The van der Waals surface area contributed by atoms with Crippen molar-refractivity contribution in [3.8, 4) is 22.3 Å². The van der Waals surface area contributed by atoms with Gasteiger partial charge in [-0.25, -0.2) is 0 Å². The summed E-state index contributed by atoms with van der Waals surface area (Å²) in [5, 5.41) is 0. The van der Waals surface area contributed by atoms with Gasteiger partial charge in [0.15, 0.2) is 0 Å². The van der Waals surface area contributed by atoms with Crippen LogP contribution in [0.3, 0.4) is 0 Å². The highest BCUT2D eigenvalue weighted by Gasteiger charge is 2.36. The third-order valence-electron chi connectivity index (χ3n) is 8.65. The van der Waals surface area contributed by atoms with Crippen molar-refractivity contribution in [1.82, 2.24) is 4.98 Å². The van der Waals surface area contributed by atoms with Crippen molar-refractivity contribution in [2.24, 2.45) is 0 Å². The van der Waals surface area contributed by atoms with E-state index in [4.69, 9.17) is 0 Å². The van der Waals surface area contributed by atoms with Crippen LogP contribution in [0.15, 0.2) is 85.2 Å². The van der Waals surface area contributed by atoms with E-state index in [-0.39, 0.29) is 0 Å². The molecule has 3 heterocycles. The van der Waals surface area contributed by atoms with Crippen molar-refractivity contribution in [2.75, 3.05) is 4.90 Å². The van der Waals surface area contributed by atoms with Crippen molar-refractivity contribution in [3.05, 3.63) is 130 Å². The summed E-state index contributed by atoms with van der Waals surface area (Å²) < 4.78 is 0. The number of hydrogen-bond acceptors (Lipinski definition) is 2. The van der Waals surface area contributed by atoms with Crippen LogP contribution in [0.25, 0.3) is 22.3 Å². The molecular weight excluding hydrogens is 424 g/mol. The Bertz CT molecular complexity index is 1760. The highest BCUT2D eigenvalue weighted by Crippen LogP contribution is 2.55. The minimum absolute atomic E-state index is 0.957. The number of pyridine rings is 1. The summed E-state index contributed by atoms with van der Waals surface area (Å²) in [6.45, 7) is 0. The fourth-order valence-corrected chi connectivity index (χ4v) is 7.22. The van der Waals surface area contributed by atoms with E-state index >= 15 is 0 Å². The third-order valence-corrected chi connectivity index (χ3v) is 8.65. The molecule has 0 spiro atoms. The van der Waals surface area contributed by atoms with E-state index in [0.29, 0.717) is 0 Å². The fourth-order valence-electron chi connectivity index (χ4n) is 7.22. The van der Waals surface area contributed by atoms with Gasteiger partial charge in [-0.15, -0.1) is 0 Å². The molecule has 0 saturated carbocycles. The molecule has 0 bridgehead atoms. The standard InChI is InChI=1S/C33H22N2/c1-2-7-24-19(4-1)15-27-25(24)9-10-26-28(27)16-20-8-11-31-29(32(20)26)17-22-6-3-5-21-14-23-18-34-13-12-30(23)35(31)33(21)22/h1-13,18H,14-17H2. The molecule has 2 nitrogen and oxygen atoms in total. The lowest BCUT2D eigenvalue weighted by Crippen LogP contribution is -2.25. The number of anilines is 3. The predicted molar refractivity (Wildman–Crippen MR) is 141 cm³/mol. The summed E-state index contributed by atoms with van der Waals surface area (Å²) in [4.78, 5) is 6.97. The summed E-state index contributed by atoms with van der Waals surface area (Å²) in [6.07, 6.45) is 8.04. The minimum atomic E-state index is 0.957. The average Bonchev–Trinajstić information content (AvgIpc) is 3.47. The number of hydrogen-bond donors (Lipinski definition) is 0. The second kappa shape index (κ2) is 6.28. The molecule has 0 radical (unpaired) electrons. The van der Waals surface area contributed by atoms with Crippen LogP contribution in [-0.4, -0.2) is 4.98 Å². The number of aromatic nitrogens is 1. The van der Waals surface area contributed by atoms with Crippen molar-refractivity contribution >= 4 is 17.1 Å². The molecule has 35 heavy (non-hydrogen) atoms. The zero-order valence-electron chi connectivity index (χ0n) is 19.3. The van der Waals surface area contributed by atoms with E-state index in [9.17, 15) is 0 Å². The van der Waals surface area contributed by atoms with Gasteiger partial charge in [-0.3, -0.25) is 4.98 Å². The van der Waals surface area contributed by atoms with Gasteiger partial charge in [0.2, 0.25) is 0 Å². The summed E-state index contributed by atoms with van der Waals surface area (Å²) in [5.41, 5.74) is 21.5. The van der Waals surface area contributed by atoms with Gasteiger partial charge >= 0.3 is 0 Å². The smallest absolute Gasteiger partial charge is 0.0532 e. The summed E-state index contributed by atoms with van der Waals surface area (Å²) >= 11 is 0. The predicted octanol–water partition coefficient (Wildman–Crippen LogP) is 7.50. The Morgan fingerprint density at radius 1 is 0.514 bits per heavy atom. The Morgan fingerprint density at radius 3 is 2.26 bits per heavy atom. The first-order valence-electron chi connectivity index (χ1n) is 12.6. The van der Waals surface area contributed by atoms with Crippen LogP contribution < -0.4 is 4.90 Å². The summed E-state index contributed by atoms with van der Waals surface area (Å²) in [5.74, 6) is 0. The van der Waals surface area contributed by atoms with Gasteiger partial charge in [0.05, 0.1) is 17.1 Å². The van der Waals surface area contributed by atoms with Crippen LogP contribution in [0.5, 0.6) is 0 Å². The van der Waals surface area contributed by atoms with Crippen molar-refractivity contribution in [1.29, 1.82) is 0 Å². The molecule has 0 amide bonds. The van der Waals surface area contributed by atoms with E-state index in [1.165, 1.54) is 72.7 Å². The van der Waals surface area contributed by atoms with Crippen LogP contribution in [-0.2, 0) is 25.7 Å². The largest absolute Gasteiger partial charge is 0.309 e. The molecular formula is C33H22N2. The third kappa shape index (κ3) is 2.23. The van der Waals surface area contributed by atoms with Crippen molar-refractivity contribution in [2.45, 2.75) is 25.7 Å². The molecule has 4 aliphatic rings. The van der Waals surface area contributed by atoms with E-state index in [0.717, 1.165) is 25.7 Å². The maximum atomic E-state index is 4.45. The first-order valence-corrected chi connectivity index (χ1v) is 12.6. The molecule has 0 atom stereocenters. The van der Waals surface area contributed by atoms with Gasteiger partial charge in [-0.2, -0.15) is 0 Å². The Hall–Kier alpha value is -4.17. The topological polar surface area (TPSA) is 16.1 Å². The maximum absolute atomic E-state index is 4.45. The molecule has 0 fully saturated rings. The molecule has 2 aliphatic heterocycles. The molecule has 164 valence electrons. The van der Waals surface area contributed by atoms with E-state index in [1.54, 1.807) is 11.1 Å². The lowest BCUT2D eigenvalue weighted by atomic mass is 9.84. The van der Waals surface area contributed by atoms with E-state index < -0.39 is 0 Å². The first kappa shape index (κ1) is 18.2. The molecule has 4 aromatic carbocycles. The molecule has 0 N–H and O–H groups in total. The Labute approximate surface area is 204 Å². The quantitative estimate of drug-likeness (QED) is 0.240.